The van der Waals surface area contributed by atoms with Crippen molar-refractivity contribution in [3.05, 3.63) is 29.8 Å². The second-order valence-electron chi connectivity index (χ2n) is 6.97. The van der Waals surface area contributed by atoms with Crippen LogP contribution in [0.2, 0.25) is 0 Å². The Morgan fingerprint density at radius 1 is 1.16 bits per heavy atom. The summed E-state index contributed by atoms with van der Waals surface area (Å²) >= 11 is 0. The van der Waals surface area contributed by atoms with E-state index in [2.05, 4.69) is 5.32 Å². The first-order chi connectivity index (χ1) is 12.0. The zero-order valence-corrected chi connectivity index (χ0v) is 14.2. The van der Waals surface area contributed by atoms with Crippen LogP contribution in [0.15, 0.2) is 24.3 Å². The quantitative estimate of drug-likeness (QED) is 0.830. The van der Waals surface area contributed by atoms with Crippen LogP contribution >= 0.6 is 0 Å². The van der Waals surface area contributed by atoms with Gasteiger partial charge in [-0.2, -0.15) is 0 Å². The van der Waals surface area contributed by atoms with Gasteiger partial charge in [0.2, 0.25) is 11.8 Å². The highest BCUT2D eigenvalue weighted by molar-refractivity contribution is 5.97. The lowest BCUT2D eigenvalue weighted by atomic mass is 10.1. The fourth-order valence-electron chi connectivity index (χ4n) is 3.73. The molecule has 2 amide bonds. The maximum Gasteiger partial charge on any atom is 0.303 e. The van der Waals surface area contributed by atoms with Gasteiger partial charge in [-0.25, -0.2) is 0 Å². The Labute approximate surface area is 147 Å². The largest absolute Gasteiger partial charge is 0.481 e. The minimum Gasteiger partial charge on any atom is -0.481 e. The summed E-state index contributed by atoms with van der Waals surface area (Å²) in [6.45, 7) is 0.520. The Bertz CT molecular complexity index is 650. The summed E-state index contributed by atoms with van der Waals surface area (Å²) in [5.41, 5.74) is 1.60. The molecular weight excluding hydrogens is 320 g/mol. The first kappa shape index (κ1) is 17.5. The van der Waals surface area contributed by atoms with E-state index in [1.165, 1.54) is 12.8 Å². The van der Waals surface area contributed by atoms with Crippen LogP contribution in [0.4, 0.5) is 5.69 Å². The third kappa shape index (κ3) is 4.38. The molecule has 134 valence electrons. The van der Waals surface area contributed by atoms with Gasteiger partial charge in [0.15, 0.2) is 0 Å². The number of carbonyl (C=O) groups excluding carboxylic acids is 2. The molecule has 0 spiro atoms. The van der Waals surface area contributed by atoms with Crippen molar-refractivity contribution in [1.29, 1.82) is 0 Å². The molecule has 1 saturated heterocycles. The number of carboxylic acids is 1. The molecule has 1 atom stereocenters. The lowest BCUT2D eigenvalue weighted by Crippen LogP contribution is -2.35. The summed E-state index contributed by atoms with van der Waals surface area (Å²) in [7, 11) is 0. The molecular formula is C19H24N2O4. The highest BCUT2D eigenvalue weighted by Gasteiger charge is 2.38. The van der Waals surface area contributed by atoms with Gasteiger partial charge < -0.3 is 15.3 Å². The number of nitrogens with one attached hydrogen (secondary N) is 1. The standard InChI is InChI=1S/C19H24N2O4/c22-17-11-14(12-21(17)16-3-1-2-4-16)19(25)20-15-8-5-13(6-9-15)7-10-18(23)24/h5-6,8-9,14,16H,1-4,7,10-12H2,(H,20,25)(H,23,24). The van der Waals surface area contributed by atoms with Crippen LogP contribution in [-0.2, 0) is 20.8 Å². The van der Waals surface area contributed by atoms with Crippen molar-refractivity contribution in [3.8, 4) is 0 Å². The van der Waals surface area contributed by atoms with E-state index in [0.29, 0.717) is 31.1 Å². The number of benzene rings is 1. The van der Waals surface area contributed by atoms with Gasteiger partial charge in [-0.1, -0.05) is 25.0 Å². The van der Waals surface area contributed by atoms with Gasteiger partial charge >= 0.3 is 5.97 Å². The highest BCUT2D eigenvalue weighted by Crippen LogP contribution is 2.30. The van der Waals surface area contributed by atoms with Crippen LogP contribution in [0.1, 0.15) is 44.1 Å². The van der Waals surface area contributed by atoms with Gasteiger partial charge in [0.25, 0.3) is 0 Å². The molecule has 1 aromatic rings. The molecule has 6 nitrogen and oxygen atoms in total. The fourth-order valence-corrected chi connectivity index (χ4v) is 3.73. The second kappa shape index (κ2) is 7.68. The summed E-state index contributed by atoms with van der Waals surface area (Å²) in [4.78, 5) is 37.1. The highest BCUT2D eigenvalue weighted by atomic mass is 16.4. The van der Waals surface area contributed by atoms with Crippen LogP contribution in [-0.4, -0.2) is 40.4 Å². The number of rotatable bonds is 6. The smallest absolute Gasteiger partial charge is 0.303 e. The van der Waals surface area contributed by atoms with Crippen molar-refractivity contribution < 1.29 is 19.5 Å². The number of carboxylic acid groups (broad SMARTS) is 1. The zero-order chi connectivity index (χ0) is 17.8. The molecule has 0 bridgehead atoms. The molecule has 1 unspecified atom stereocenters. The van der Waals surface area contributed by atoms with Crippen molar-refractivity contribution in [2.45, 2.75) is 51.0 Å². The number of aliphatic carboxylic acids is 1. The molecule has 2 aliphatic rings. The molecule has 1 aliphatic carbocycles. The number of anilines is 1. The lowest BCUT2D eigenvalue weighted by Gasteiger charge is -2.23. The summed E-state index contributed by atoms with van der Waals surface area (Å²) in [6.07, 6.45) is 5.29. The molecule has 1 aromatic carbocycles. The van der Waals surface area contributed by atoms with Crippen LogP contribution in [0.3, 0.4) is 0 Å². The van der Waals surface area contributed by atoms with Crippen LogP contribution < -0.4 is 5.32 Å². The van der Waals surface area contributed by atoms with Crippen LogP contribution in [0.25, 0.3) is 0 Å². The monoisotopic (exact) mass is 344 g/mol. The van der Waals surface area contributed by atoms with E-state index in [-0.39, 0.29) is 24.2 Å². The number of amides is 2. The topological polar surface area (TPSA) is 86.7 Å². The van der Waals surface area contributed by atoms with E-state index in [0.717, 1.165) is 18.4 Å². The minimum atomic E-state index is -0.824. The molecule has 25 heavy (non-hydrogen) atoms. The van der Waals surface area contributed by atoms with Crippen LogP contribution in [0.5, 0.6) is 0 Å². The molecule has 1 aliphatic heterocycles. The van der Waals surface area contributed by atoms with Gasteiger partial charge in [-0.05, 0) is 37.0 Å². The number of likely N-dealkylation sites (tertiary alicyclic amines) is 1. The number of hydrogen-bond donors (Lipinski definition) is 2. The Morgan fingerprint density at radius 2 is 1.84 bits per heavy atom. The van der Waals surface area contributed by atoms with Gasteiger partial charge in [0.1, 0.15) is 0 Å². The molecule has 3 rings (SSSR count). The molecule has 2 fully saturated rings. The average Bonchev–Trinajstić information content (AvgIpc) is 3.23. The van der Waals surface area contributed by atoms with Crippen molar-refractivity contribution >= 4 is 23.5 Å². The van der Waals surface area contributed by atoms with Gasteiger partial charge in [0.05, 0.1) is 5.92 Å². The number of nitrogens with zero attached hydrogens (tertiary/aromatic N) is 1. The summed E-state index contributed by atoms with van der Waals surface area (Å²) in [6, 6.07) is 7.52. The predicted molar refractivity (Wildman–Crippen MR) is 93.1 cm³/mol. The average molecular weight is 344 g/mol. The Hall–Kier alpha value is -2.37. The van der Waals surface area contributed by atoms with E-state index in [4.69, 9.17) is 5.11 Å². The molecule has 0 aromatic heterocycles. The van der Waals surface area contributed by atoms with E-state index < -0.39 is 5.97 Å². The zero-order valence-electron chi connectivity index (χ0n) is 14.2. The summed E-state index contributed by atoms with van der Waals surface area (Å²) in [5, 5.41) is 11.6. The van der Waals surface area contributed by atoms with Crippen molar-refractivity contribution in [2.24, 2.45) is 5.92 Å². The third-order valence-electron chi connectivity index (χ3n) is 5.14. The fraction of sp³-hybridized carbons (Fsp3) is 0.526. The first-order valence-corrected chi connectivity index (χ1v) is 8.94. The number of hydrogen-bond acceptors (Lipinski definition) is 3. The lowest BCUT2D eigenvalue weighted by molar-refractivity contribution is -0.137. The molecule has 6 heteroatoms. The molecule has 2 N–H and O–H groups in total. The van der Waals surface area contributed by atoms with E-state index >= 15 is 0 Å². The van der Waals surface area contributed by atoms with Gasteiger partial charge in [0, 0.05) is 31.1 Å². The predicted octanol–water partition coefficient (Wildman–Crippen LogP) is 2.43. The van der Waals surface area contributed by atoms with Crippen molar-refractivity contribution in [3.63, 3.8) is 0 Å². The van der Waals surface area contributed by atoms with Crippen molar-refractivity contribution in [2.75, 3.05) is 11.9 Å². The van der Waals surface area contributed by atoms with Crippen LogP contribution in [0, 0.1) is 5.92 Å². The van der Waals surface area contributed by atoms with E-state index in [9.17, 15) is 14.4 Å². The Kier molecular flexibility index (Phi) is 5.36. The Balaban J connectivity index is 1.53. The summed E-state index contributed by atoms with van der Waals surface area (Å²) < 4.78 is 0. The minimum absolute atomic E-state index is 0.0902. The van der Waals surface area contributed by atoms with Gasteiger partial charge in [-0.15, -0.1) is 0 Å². The van der Waals surface area contributed by atoms with E-state index in [1.807, 2.05) is 17.0 Å². The molecule has 1 heterocycles. The maximum atomic E-state index is 12.5. The van der Waals surface area contributed by atoms with E-state index in [1.54, 1.807) is 12.1 Å². The molecule has 1 saturated carbocycles. The Morgan fingerprint density at radius 3 is 2.48 bits per heavy atom. The first-order valence-electron chi connectivity index (χ1n) is 8.94. The van der Waals surface area contributed by atoms with Gasteiger partial charge in [-0.3, -0.25) is 14.4 Å². The SMILES string of the molecule is O=C(O)CCc1ccc(NC(=O)C2CC(=O)N(C3CCCC3)C2)cc1. The number of carbonyl (C=O) groups is 3. The third-order valence-corrected chi connectivity index (χ3v) is 5.14. The normalized spacial score (nSPS) is 20.9. The van der Waals surface area contributed by atoms with Crippen molar-refractivity contribution in [1.82, 2.24) is 4.90 Å². The number of aryl methyl sites for hydroxylation is 1. The summed E-state index contributed by atoms with van der Waals surface area (Å²) in [5.74, 6) is -1.14. The molecule has 0 radical (unpaired) electrons. The maximum absolute atomic E-state index is 12.5. The second-order valence-corrected chi connectivity index (χ2v) is 6.97.